The Kier molecular flexibility index (Phi) is 4.98. The largest absolute Gasteiger partial charge is 0.484 e. The molecule has 0 bridgehead atoms. The van der Waals surface area contributed by atoms with Gasteiger partial charge in [0.2, 0.25) is 5.91 Å². The topological polar surface area (TPSA) is 67.4 Å². The van der Waals surface area contributed by atoms with Crippen LogP contribution in [0.5, 0.6) is 5.75 Å². The van der Waals surface area contributed by atoms with E-state index in [4.69, 9.17) is 4.74 Å². The normalized spacial score (nSPS) is 14.8. The van der Waals surface area contributed by atoms with Crippen molar-refractivity contribution in [2.45, 2.75) is 25.7 Å². The van der Waals surface area contributed by atoms with Crippen molar-refractivity contribution in [2.24, 2.45) is 5.92 Å². The summed E-state index contributed by atoms with van der Waals surface area (Å²) in [5.41, 5.74) is 0.705. The molecule has 0 atom stereocenters. The number of ether oxygens (including phenoxy) is 1. The number of nitrogens with one attached hydrogen (secondary N) is 2. The molecule has 0 aromatic heterocycles. The second-order valence-electron chi connectivity index (χ2n) is 4.96. The van der Waals surface area contributed by atoms with Gasteiger partial charge < -0.3 is 15.4 Å². The second kappa shape index (κ2) is 6.93. The van der Waals surface area contributed by atoms with Crippen molar-refractivity contribution >= 4 is 17.5 Å². The van der Waals surface area contributed by atoms with Gasteiger partial charge in [-0.3, -0.25) is 9.59 Å². The Bertz CT molecular complexity index is 482. The van der Waals surface area contributed by atoms with Crippen LogP contribution >= 0.6 is 0 Å². The number of benzene rings is 1. The molecule has 108 valence electrons. The summed E-state index contributed by atoms with van der Waals surface area (Å²) in [4.78, 5) is 23.1. The van der Waals surface area contributed by atoms with Gasteiger partial charge in [-0.2, -0.15) is 0 Å². The predicted molar refractivity (Wildman–Crippen MR) is 76.6 cm³/mol. The first-order chi connectivity index (χ1) is 9.69. The minimum absolute atomic E-state index is 0.0312. The summed E-state index contributed by atoms with van der Waals surface area (Å²) in [5, 5.41) is 5.39. The van der Waals surface area contributed by atoms with Crippen LogP contribution in [0.25, 0.3) is 0 Å². The number of hydrogen-bond acceptors (Lipinski definition) is 3. The fraction of sp³-hybridized carbons (Fsp3) is 0.467. The van der Waals surface area contributed by atoms with Gasteiger partial charge in [0.05, 0.1) is 0 Å². The number of rotatable bonds is 5. The van der Waals surface area contributed by atoms with E-state index in [1.807, 2.05) is 6.07 Å². The molecule has 0 heterocycles. The summed E-state index contributed by atoms with van der Waals surface area (Å²) in [5.74, 6) is 0.583. The average molecular weight is 276 g/mol. The molecule has 0 spiro atoms. The average Bonchev–Trinajstić information content (AvgIpc) is 2.99. The molecular formula is C15H20N2O3. The number of amides is 2. The molecule has 2 amide bonds. The first-order valence-corrected chi connectivity index (χ1v) is 6.93. The lowest BCUT2D eigenvalue weighted by Gasteiger charge is -2.11. The maximum atomic E-state index is 12.0. The van der Waals surface area contributed by atoms with Crippen molar-refractivity contribution in [3.8, 4) is 5.75 Å². The van der Waals surface area contributed by atoms with Crippen molar-refractivity contribution < 1.29 is 14.3 Å². The molecule has 2 N–H and O–H groups in total. The smallest absolute Gasteiger partial charge is 0.257 e. The molecule has 0 radical (unpaired) electrons. The van der Waals surface area contributed by atoms with Crippen LogP contribution in [-0.4, -0.2) is 25.5 Å². The molecule has 1 aromatic rings. The summed E-state index contributed by atoms with van der Waals surface area (Å²) < 4.78 is 5.34. The highest BCUT2D eigenvalue weighted by Crippen LogP contribution is 2.26. The highest BCUT2D eigenvalue weighted by molar-refractivity contribution is 5.92. The molecule has 1 aromatic carbocycles. The van der Waals surface area contributed by atoms with E-state index in [9.17, 15) is 9.59 Å². The van der Waals surface area contributed by atoms with Crippen LogP contribution in [0.2, 0.25) is 0 Å². The summed E-state index contributed by atoms with van der Waals surface area (Å²) in [6, 6.07) is 7.10. The van der Waals surface area contributed by atoms with Gasteiger partial charge in [-0.1, -0.05) is 18.9 Å². The van der Waals surface area contributed by atoms with Gasteiger partial charge in [0, 0.05) is 24.7 Å². The Hall–Kier alpha value is -2.04. The summed E-state index contributed by atoms with van der Waals surface area (Å²) >= 11 is 0. The van der Waals surface area contributed by atoms with Gasteiger partial charge >= 0.3 is 0 Å². The van der Waals surface area contributed by atoms with E-state index < -0.39 is 0 Å². The van der Waals surface area contributed by atoms with Crippen molar-refractivity contribution in [3.05, 3.63) is 24.3 Å². The zero-order valence-corrected chi connectivity index (χ0v) is 11.6. The van der Waals surface area contributed by atoms with Crippen LogP contribution in [0.3, 0.4) is 0 Å². The standard InChI is InChI=1S/C15H20N2O3/c1-16-14(18)10-20-13-8-4-7-12(9-13)17-15(19)11-5-2-3-6-11/h4,7-9,11H,2-3,5-6,10H2,1H3,(H,16,18)(H,17,19). The van der Waals surface area contributed by atoms with Gasteiger partial charge in [-0.15, -0.1) is 0 Å². The van der Waals surface area contributed by atoms with Crippen LogP contribution in [0.1, 0.15) is 25.7 Å². The van der Waals surface area contributed by atoms with Crippen LogP contribution in [0.4, 0.5) is 5.69 Å². The zero-order valence-electron chi connectivity index (χ0n) is 11.6. The lowest BCUT2D eigenvalue weighted by molar-refractivity contribution is -0.122. The summed E-state index contributed by atoms with van der Waals surface area (Å²) in [6.45, 7) is -0.0312. The SMILES string of the molecule is CNC(=O)COc1cccc(NC(=O)C2CCCC2)c1. The van der Waals surface area contributed by atoms with E-state index in [1.54, 1.807) is 25.2 Å². The molecule has 0 unspecified atom stereocenters. The third-order valence-corrected chi connectivity index (χ3v) is 3.48. The van der Waals surface area contributed by atoms with Crippen molar-refractivity contribution in [2.75, 3.05) is 19.0 Å². The van der Waals surface area contributed by atoms with Crippen LogP contribution in [-0.2, 0) is 9.59 Å². The van der Waals surface area contributed by atoms with Gasteiger partial charge in [-0.05, 0) is 25.0 Å². The maximum absolute atomic E-state index is 12.0. The number of anilines is 1. The lowest BCUT2D eigenvalue weighted by atomic mass is 10.1. The molecule has 5 heteroatoms. The molecular weight excluding hydrogens is 256 g/mol. The van der Waals surface area contributed by atoms with E-state index in [2.05, 4.69) is 10.6 Å². The Morgan fingerprint density at radius 1 is 1.30 bits per heavy atom. The highest BCUT2D eigenvalue weighted by atomic mass is 16.5. The minimum atomic E-state index is -0.189. The Labute approximate surface area is 118 Å². The molecule has 1 aliphatic rings. The molecule has 1 saturated carbocycles. The van der Waals surface area contributed by atoms with Crippen LogP contribution in [0, 0.1) is 5.92 Å². The van der Waals surface area contributed by atoms with E-state index in [1.165, 1.54) is 0 Å². The quantitative estimate of drug-likeness (QED) is 0.863. The minimum Gasteiger partial charge on any atom is -0.484 e. The molecule has 1 aliphatic carbocycles. The number of likely N-dealkylation sites (N-methyl/N-ethyl adjacent to an activating group) is 1. The fourth-order valence-electron chi connectivity index (χ4n) is 2.32. The zero-order chi connectivity index (χ0) is 14.4. The number of carbonyl (C=O) groups excluding carboxylic acids is 2. The van der Waals surface area contributed by atoms with Crippen LogP contribution < -0.4 is 15.4 Å². The molecule has 0 aliphatic heterocycles. The second-order valence-corrected chi connectivity index (χ2v) is 4.96. The monoisotopic (exact) mass is 276 g/mol. The van der Waals surface area contributed by atoms with Gasteiger partial charge in [0.1, 0.15) is 5.75 Å². The molecule has 2 rings (SSSR count). The van der Waals surface area contributed by atoms with Gasteiger partial charge in [0.15, 0.2) is 6.61 Å². The van der Waals surface area contributed by atoms with Crippen LogP contribution in [0.15, 0.2) is 24.3 Å². The van der Waals surface area contributed by atoms with Gasteiger partial charge in [0.25, 0.3) is 5.91 Å². The van der Waals surface area contributed by atoms with E-state index >= 15 is 0 Å². The van der Waals surface area contributed by atoms with Crippen molar-refractivity contribution in [3.63, 3.8) is 0 Å². The molecule has 0 saturated heterocycles. The predicted octanol–water partition coefficient (Wildman–Crippen LogP) is 1.94. The first-order valence-electron chi connectivity index (χ1n) is 6.93. The Morgan fingerprint density at radius 3 is 2.75 bits per heavy atom. The highest BCUT2D eigenvalue weighted by Gasteiger charge is 2.22. The lowest BCUT2D eigenvalue weighted by Crippen LogP contribution is -2.24. The molecule has 1 fully saturated rings. The number of carbonyl (C=O) groups is 2. The Morgan fingerprint density at radius 2 is 2.05 bits per heavy atom. The summed E-state index contributed by atoms with van der Waals surface area (Å²) in [7, 11) is 1.56. The first kappa shape index (κ1) is 14.4. The maximum Gasteiger partial charge on any atom is 0.257 e. The third-order valence-electron chi connectivity index (χ3n) is 3.48. The van der Waals surface area contributed by atoms with E-state index in [-0.39, 0.29) is 24.3 Å². The number of hydrogen-bond donors (Lipinski definition) is 2. The van der Waals surface area contributed by atoms with E-state index in [0.717, 1.165) is 25.7 Å². The fourth-order valence-corrected chi connectivity index (χ4v) is 2.32. The molecule has 5 nitrogen and oxygen atoms in total. The van der Waals surface area contributed by atoms with Gasteiger partial charge in [-0.25, -0.2) is 0 Å². The molecule has 20 heavy (non-hydrogen) atoms. The van der Waals surface area contributed by atoms with E-state index in [0.29, 0.717) is 11.4 Å². The van der Waals surface area contributed by atoms with Crippen molar-refractivity contribution in [1.29, 1.82) is 0 Å². The summed E-state index contributed by atoms with van der Waals surface area (Å²) in [6.07, 6.45) is 4.21. The Balaban J connectivity index is 1.91. The van der Waals surface area contributed by atoms with Crippen molar-refractivity contribution in [1.82, 2.24) is 5.32 Å². The third kappa shape index (κ3) is 3.98.